The molecule has 0 aliphatic carbocycles. The third kappa shape index (κ3) is 5.90. The van der Waals surface area contributed by atoms with E-state index in [9.17, 15) is 4.79 Å². The topological polar surface area (TPSA) is 52.6 Å². The van der Waals surface area contributed by atoms with Gasteiger partial charge in [0.05, 0.1) is 0 Å². The number of carbonyl (C=O) groups excluding carboxylic acids is 1. The Bertz CT molecular complexity index is 1040. The van der Waals surface area contributed by atoms with Crippen LogP contribution in [0.5, 0.6) is 0 Å². The lowest BCUT2D eigenvalue weighted by atomic mass is 10.1. The van der Waals surface area contributed by atoms with Crippen molar-refractivity contribution in [3.8, 4) is 0 Å². The Kier molecular flexibility index (Phi) is 7.60. The van der Waals surface area contributed by atoms with Crippen molar-refractivity contribution >= 4 is 28.3 Å². The third-order valence-corrected chi connectivity index (χ3v) is 6.98. The first-order chi connectivity index (χ1) is 16.0. The van der Waals surface area contributed by atoms with Crippen molar-refractivity contribution < 1.29 is 4.79 Å². The third-order valence-electron chi connectivity index (χ3n) is 6.19. The number of anilines is 2. The zero-order valence-corrected chi connectivity index (χ0v) is 20.6. The summed E-state index contributed by atoms with van der Waals surface area (Å²) >= 11 is 1.42. The standard InChI is InChI=1S/C26H33N5OS/c1-20(2)31(26-27-24(28-33-26)19-22-10-5-4-6-11-22)14-13-25(32)30-17-15-29(16-18-30)23-12-8-7-9-21(23)3/h4-12,20H,13-19H2,1-3H3. The first-order valence-electron chi connectivity index (χ1n) is 11.7. The molecule has 33 heavy (non-hydrogen) atoms. The van der Waals surface area contributed by atoms with Gasteiger partial charge in [-0.3, -0.25) is 4.79 Å². The maximum Gasteiger partial charge on any atom is 0.224 e. The van der Waals surface area contributed by atoms with Gasteiger partial charge in [-0.05, 0) is 38.0 Å². The quantitative estimate of drug-likeness (QED) is 0.496. The summed E-state index contributed by atoms with van der Waals surface area (Å²) in [6.45, 7) is 10.4. The van der Waals surface area contributed by atoms with Gasteiger partial charge in [-0.2, -0.15) is 4.37 Å². The van der Waals surface area contributed by atoms with Crippen LogP contribution in [0.15, 0.2) is 54.6 Å². The highest BCUT2D eigenvalue weighted by Crippen LogP contribution is 2.23. The fraction of sp³-hybridized carbons (Fsp3) is 0.423. The van der Waals surface area contributed by atoms with Crippen molar-refractivity contribution in [2.75, 3.05) is 42.5 Å². The lowest BCUT2D eigenvalue weighted by Gasteiger charge is -2.37. The van der Waals surface area contributed by atoms with E-state index >= 15 is 0 Å². The summed E-state index contributed by atoms with van der Waals surface area (Å²) in [7, 11) is 0. The molecule has 2 heterocycles. The monoisotopic (exact) mass is 463 g/mol. The second-order valence-electron chi connectivity index (χ2n) is 8.85. The first-order valence-corrected chi connectivity index (χ1v) is 12.5. The second-order valence-corrected chi connectivity index (χ2v) is 9.58. The number of piperazine rings is 1. The number of hydrogen-bond donors (Lipinski definition) is 0. The molecule has 1 fully saturated rings. The van der Waals surface area contributed by atoms with Crippen LogP contribution in [0.2, 0.25) is 0 Å². The van der Waals surface area contributed by atoms with Crippen molar-refractivity contribution in [1.82, 2.24) is 14.3 Å². The minimum absolute atomic E-state index is 0.221. The fourth-order valence-electron chi connectivity index (χ4n) is 4.28. The molecule has 1 amide bonds. The van der Waals surface area contributed by atoms with Crippen LogP contribution in [0.1, 0.15) is 37.2 Å². The van der Waals surface area contributed by atoms with E-state index in [4.69, 9.17) is 4.98 Å². The van der Waals surface area contributed by atoms with Gasteiger partial charge in [-0.15, -0.1) is 0 Å². The highest BCUT2D eigenvalue weighted by Gasteiger charge is 2.23. The number of carbonyl (C=O) groups is 1. The maximum absolute atomic E-state index is 13.0. The van der Waals surface area contributed by atoms with E-state index in [0.29, 0.717) is 13.0 Å². The molecule has 4 rings (SSSR count). The van der Waals surface area contributed by atoms with Crippen molar-refractivity contribution in [2.24, 2.45) is 0 Å². The molecule has 1 saturated heterocycles. The Hall–Kier alpha value is -2.93. The van der Waals surface area contributed by atoms with E-state index in [1.54, 1.807) is 0 Å². The summed E-state index contributed by atoms with van der Waals surface area (Å²) in [5, 5.41) is 0.896. The number of nitrogens with zero attached hydrogens (tertiary/aromatic N) is 5. The lowest BCUT2D eigenvalue weighted by molar-refractivity contribution is -0.131. The van der Waals surface area contributed by atoms with E-state index in [1.807, 2.05) is 23.1 Å². The predicted molar refractivity (Wildman–Crippen MR) is 136 cm³/mol. The largest absolute Gasteiger partial charge is 0.368 e. The number of hydrogen-bond acceptors (Lipinski definition) is 6. The van der Waals surface area contributed by atoms with Gasteiger partial charge in [0.25, 0.3) is 0 Å². The van der Waals surface area contributed by atoms with Gasteiger partial charge < -0.3 is 14.7 Å². The van der Waals surface area contributed by atoms with Gasteiger partial charge in [0, 0.05) is 68.8 Å². The zero-order chi connectivity index (χ0) is 23.2. The van der Waals surface area contributed by atoms with Crippen LogP contribution in [-0.4, -0.2) is 58.9 Å². The predicted octanol–water partition coefficient (Wildman–Crippen LogP) is 4.39. The molecule has 2 aromatic carbocycles. The van der Waals surface area contributed by atoms with Gasteiger partial charge in [0.1, 0.15) is 5.82 Å². The van der Waals surface area contributed by atoms with Crippen molar-refractivity contribution in [3.05, 3.63) is 71.5 Å². The summed E-state index contributed by atoms with van der Waals surface area (Å²) in [6.07, 6.45) is 1.23. The van der Waals surface area contributed by atoms with Crippen LogP contribution in [-0.2, 0) is 11.2 Å². The maximum atomic E-state index is 13.0. The van der Waals surface area contributed by atoms with Crippen LogP contribution in [0.25, 0.3) is 0 Å². The van der Waals surface area contributed by atoms with Crippen LogP contribution in [0.4, 0.5) is 10.8 Å². The number of aromatic nitrogens is 2. The van der Waals surface area contributed by atoms with Gasteiger partial charge in [0.2, 0.25) is 11.0 Å². The Morgan fingerprint density at radius 3 is 2.42 bits per heavy atom. The average Bonchev–Trinajstić information content (AvgIpc) is 3.28. The molecule has 7 heteroatoms. The molecule has 0 saturated carbocycles. The molecule has 0 N–H and O–H groups in total. The molecule has 1 aliphatic rings. The Balaban J connectivity index is 1.31. The summed E-state index contributed by atoms with van der Waals surface area (Å²) in [6, 6.07) is 19.0. The minimum Gasteiger partial charge on any atom is -0.368 e. The molecule has 0 unspecified atom stereocenters. The van der Waals surface area contributed by atoms with Gasteiger partial charge in [0.15, 0.2) is 0 Å². The SMILES string of the molecule is Cc1ccccc1N1CCN(C(=O)CCN(c2nc(Cc3ccccc3)ns2)C(C)C)CC1. The molecular weight excluding hydrogens is 430 g/mol. The lowest BCUT2D eigenvalue weighted by Crippen LogP contribution is -2.49. The summed E-state index contributed by atoms with van der Waals surface area (Å²) in [5.74, 6) is 1.06. The molecule has 1 aromatic heterocycles. The van der Waals surface area contributed by atoms with Gasteiger partial charge in [-0.1, -0.05) is 48.5 Å². The van der Waals surface area contributed by atoms with E-state index in [1.165, 1.54) is 28.3 Å². The zero-order valence-electron chi connectivity index (χ0n) is 19.8. The average molecular weight is 464 g/mol. The number of benzene rings is 2. The van der Waals surface area contributed by atoms with Crippen LogP contribution in [0.3, 0.4) is 0 Å². The second kappa shape index (κ2) is 10.8. The van der Waals surface area contributed by atoms with Crippen molar-refractivity contribution in [1.29, 1.82) is 0 Å². The van der Waals surface area contributed by atoms with Crippen molar-refractivity contribution in [3.63, 3.8) is 0 Å². The first kappa shape index (κ1) is 23.2. The Labute approximate surface area is 201 Å². The number of para-hydroxylation sites is 1. The molecular formula is C26H33N5OS. The molecule has 0 radical (unpaired) electrons. The smallest absolute Gasteiger partial charge is 0.224 e. The van der Waals surface area contributed by atoms with Gasteiger partial charge in [-0.25, -0.2) is 4.98 Å². The molecule has 0 spiro atoms. The summed E-state index contributed by atoms with van der Waals surface area (Å²) in [5.41, 5.74) is 3.77. The van der Waals surface area contributed by atoms with Crippen LogP contribution in [0, 0.1) is 6.92 Å². The molecule has 6 nitrogen and oxygen atoms in total. The number of rotatable bonds is 8. The Morgan fingerprint density at radius 2 is 1.73 bits per heavy atom. The molecule has 3 aromatic rings. The summed E-state index contributed by atoms with van der Waals surface area (Å²) < 4.78 is 4.56. The van der Waals surface area contributed by atoms with E-state index < -0.39 is 0 Å². The van der Waals surface area contributed by atoms with Crippen LogP contribution < -0.4 is 9.80 Å². The molecule has 0 bridgehead atoms. The highest BCUT2D eigenvalue weighted by molar-refractivity contribution is 7.09. The van der Waals surface area contributed by atoms with E-state index in [-0.39, 0.29) is 11.9 Å². The fourth-order valence-corrected chi connectivity index (χ4v) is 5.12. The van der Waals surface area contributed by atoms with Gasteiger partial charge >= 0.3 is 0 Å². The van der Waals surface area contributed by atoms with E-state index in [2.05, 4.69) is 71.3 Å². The molecule has 1 aliphatic heterocycles. The Morgan fingerprint density at radius 1 is 1.03 bits per heavy atom. The molecule has 174 valence electrons. The highest BCUT2D eigenvalue weighted by atomic mass is 32.1. The minimum atomic E-state index is 0.221. The number of aryl methyl sites for hydroxylation is 1. The summed E-state index contributed by atoms with van der Waals surface area (Å²) in [4.78, 5) is 24.3. The van der Waals surface area contributed by atoms with E-state index in [0.717, 1.165) is 43.6 Å². The molecule has 0 atom stereocenters. The normalized spacial score (nSPS) is 14.1. The number of amides is 1. The van der Waals surface area contributed by atoms with Crippen molar-refractivity contribution in [2.45, 2.75) is 39.7 Å². The van der Waals surface area contributed by atoms with Crippen LogP contribution >= 0.6 is 11.5 Å².